The monoisotopic (exact) mass is 257 g/mol. The smallest absolute Gasteiger partial charge is 0.149 e. The zero-order valence-electron chi connectivity index (χ0n) is 11.2. The third-order valence-electron chi connectivity index (χ3n) is 3.76. The Kier molecular flexibility index (Phi) is 3.25. The van der Waals surface area contributed by atoms with Crippen LogP contribution in [-0.2, 0) is 24.0 Å². The molecule has 3 rings (SSSR count). The summed E-state index contributed by atoms with van der Waals surface area (Å²) in [5.41, 5.74) is 10.9. The summed E-state index contributed by atoms with van der Waals surface area (Å²) in [6.45, 7) is 0.718. The van der Waals surface area contributed by atoms with E-state index in [9.17, 15) is 0 Å². The highest BCUT2D eigenvalue weighted by molar-refractivity contribution is 5.51. The molecule has 2 aromatic rings. The summed E-state index contributed by atoms with van der Waals surface area (Å²) < 4.78 is 7.21. The molecule has 1 aliphatic rings. The van der Waals surface area contributed by atoms with Crippen molar-refractivity contribution in [2.75, 3.05) is 19.5 Å². The average Bonchev–Trinajstić information content (AvgIpc) is 3.01. The number of nitrogens with two attached hydrogens (primary N) is 1. The zero-order chi connectivity index (χ0) is 13.2. The first-order chi connectivity index (χ1) is 9.31. The van der Waals surface area contributed by atoms with Crippen molar-refractivity contribution in [2.24, 2.45) is 0 Å². The van der Waals surface area contributed by atoms with Gasteiger partial charge in [-0.1, -0.05) is 18.2 Å². The fourth-order valence-corrected chi connectivity index (χ4v) is 2.81. The number of rotatable bonds is 4. The molecule has 0 saturated heterocycles. The summed E-state index contributed by atoms with van der Waals surface area (Å²) in [5, 5.41) is 4.52. The van der Waals surface area contributed by atoms with Gasteiger partial charge in [0.05, 0.1) is 12.3 Å². The van der Waals surface area contributed by atoms with Crippen LogP contribution < -0.4 is 5.73 Å². The molecule has 1 heterocycles. The molecule has 0 fully saturated rings. The lowest BCUT2D eigenvalue weighted by Gasteiger charge is -2.11. The van der Waals surface area contributed by atoms with E-state index in [4.69, 9.17) is 10.5 Å². The molecule has 0 aliphatic heterocycles. The first-order valence-corrected chi connectivity index (χ1v) is 6.74. The van der Waals surface area contributed by atoms with E-state index in [2.05, 4.69) is 23.3 Å². The Hall–Kier alpha value is -1.81. The van der Waals surface area contributed by atoms with E-state index >= 15 is 0 Å². The first kappa shape index (κ1) is 12.2. The van der Waals surface area contributed by atoms with Crippen molar-refractivity contribution in [2.45, 2.75) is 25.7 Å². The molecular formula is C15H19N3O. The van der Waals surface area contributed by atoms with E-state index in [1.807, 2.05) is 10.7 Å². The predicted molar refractivity (Wildman–Crippen MR) is 75.6 cm³/mol. The highest BCUT2D eigenvalue weighted by Crippen LogP contribution is 2.30. The molecule has 1 aliphatic carbocycles. The maximum Gasteiger partial charge on any atom is 0.149 e. The molecule has 100 valence electrons. The maximum absolute atomic E-state index is 6.02. The van der Waals surface area contributed by atoms with Crippen LogP contribution in [0.2, 0.25) is 0 Å². The second kappa shape index (κ2) is 5.05. The molecule has 4 nitrogen and oxygen atoms in total. The summed E-state index contributed by atoms with van der Waals surface area (Å²) in [4.78, 5) is 0. The van der Waals surface area contributed by atoms with Gasteiger partial charge in [0.2, 0.25) is 0 Å². The van der Waals surface area contributed by atoms with Crippen molar-refractivity contribution < 1.29 is 4.74 Å². The van der Waals surface area contributed by atoms with Gasteiger partial charge < -0.3 is 10.5 Å². The van der Waals surface area contributed by atoms with Gasteiger partial charge in [-0.3, -0.25) is 0 Å². The lowest BCUT2D eigenvalue weighted by molar-refractivity contribution is 0.202. The molecule has 1 aromatic carbocycles. The van der Waals surface area contributed by atoms with Gasteiger partial charge in [-0.05, 0) is 37.3 Å². The Balaban J connectivity index is 2.05. The van der Waals surface area contributed by atoms with Gasteiger partial charge in [0, 0.05) is 18.4 Å². The minimum absolute atomic E-state index is 0.689. The number of nitrogens with zero attached hydrogens (tertiary/aromatic N) is 2. The molecule has 0 atom stereocenters. The molecule has 0 spiro atoms. The van der Waals surface area contributed by atoms with Gasteiger partial charge in [0.25, 0.3) is 0 Å². The van der Waals surface area contributed by atoms with E-state index in [1.165, 1.54) is 23.2 Å². The molecule has 1 aromatic heterocycles. The second-order valence-electron chi connectivity index (χ2n) is 4.95. The molecule has 4 heteroatoms. The molecular weight excluding hydrogens is 238 g/mol. The van der Waals surface area contributed by atoms with E-state index in [-0.39, 0.29) is 0 Å². The van der Waals surface area contributed by atoms with Gasteiger partial charge in [-0.2, -0.15) is 5.10 Å². The number of hydrogen-bond donors (Lipinski definition) is 1. The van der Waals surface area contributed by atoms with Crippen molar-refractivity contribution >= 4 is 5.82 Å². The topological polar surface area (TPSA) is 53.1 Å². The Morgan fingerprint density at radius 2 is 2.16 bits per heavy atom. The summed E-state index contributed by atoms with van der Waals surface area (Å²) in [6.07, 6.45) is 4.19. The highest BCUT2D eigenvalue weighted by atomic mass is 16.5. The van der Waals surface area contributed by atoms with Gasteiger partial charge >= 0.3 is 0 Å². The lowest BCUT2D eigenvalue weighted by Crippen LogP contribution is -2.07. The SMILES string of the molecule is COCCc1ccccc1-n1nc(N)c2c1CCC2. The number of benzene rings is 1. The van der Waals surface area contributed by atoms with Gasteiger partial charge in [-0.15, -0.1) is 0 Å². The van der Waals surface area contributed by atoms with Crippen LogP contribution in [0.15, 0.2) is 24.3 Å². The van der Waals surface area contributed by atoms with Gasteiger partial charge in [0.1, 0.15) is 5.82 Å². The van der Waals surface area contributed by atoms with E-state index in [1.54, 1.807) is 7.11 Å². The van der Waals surface area contributed by atoms with Crippen molar-refractivity contribution in [3.63, 3.8) is 0 Å². The van der Waals surface area contributed by atoms with E-state index in [0.29, 0.717) is 5.82 Å². The molecule has 0 bridgehead atoms. The largest absolute Gasteiger partial charge is 0.384 e. The number of fused-ring (bicyclic) bond motifs is 1. The number of methoxy groups -OCH3 is 1. The maximum atomic E-state index is 6.02. The molecule has 0 unspecified atom stereocenters. The summed E-state index contributed by atoms with van der Waals surface area (Å²) in [6, 6.07) is 8.34. The van der Waals surface area contributed by atoms with Crippen LogP contribution in [0.25, 0.3) is 5.69 Å². The highest BCUT2D eigenvalue weighted by Gasteiger charge is 2.22. The number of nitrogen functional groups attached to an aromatic ring is 1. The zero-order valence-corrected chi connectivity index (χ0v) is 11.2. The number of para-hydroxylation sites is 1. The quantitative estimate of drug-likeness (QED) is 0.913. The number of ether oxygens (including phenoxy) is 1. The molecule has 0 radical (unpaired) electrons. The lowest BCUT2D eigenvalue weighted by atomic mass is 10.1. The number of aromatic nitrogens is 2. The van der Waals surface area contributed by atoms with Crippen LogP contribution in [0.3, 0.4) is 0 Å². The van der Waals surface area contributed by atoms with Crippen molar-refractivity contribution in [1.29, 1.82) is 0 Å². The summed E-state index contributed by atoms with van der Waals surface area (Å²) >= 11 is 0. The minimum Gasteiger partial charge on any atom is -0.384 e. The fraction of sp³-hybridized carbons (Fsp3) is 0.400. The summed E-state index contributed by atoms with van der Waals surface area (Å²) in [7, 11) is 1.73. The van der Waals surface area contributed by atoms with Crippen LogP contribution in [0.4, 0.5) is 5.82 Å². The average molecular weight is 257 g/mol. The molecule has 0 saturated carbocycles. The van der Waals surface area contributed by atoms with Crippen LogP contribution in [0.5, 0.6) is 0 Å². The Bertz CT molecular complexity index is 589. The third-order valence-corrected chi connectivity index (χ3v) is 3.76. The van der Waals surface area contributed by atoms with Crippen molar-refractivity contribution in [1.82, 2.24) is 9.78 Å². The fourth-order valence-electron chi connectivity index (χ4n) is 2.81. The third kappa shape index (κ3) is 2.12. The number of hydrogen-bond acceptors (Lipinski definition) is 3. The number of anilines is 1. The summed E-state index contributed by atoms with van der Waals surface area (Å²) in [5.74, 6) is 0.689. The Labute approximate surface area is 113 Å². The second-order valence-corrected chi connectivity index (χ2v) is 4.95. The van der Waals surface area contributed by atoms with Gasteiger partial charge in [-0.25, -0.2) is 4.68 Å². The van der Waals surface area contributed by atoms with Crippen LogP contribution in [0, 0.1) is 0 Å². The van der Waals surface area contributed by atoms with E-state index in [0.717, 1.165) is 31.6 Å². The standard InChI is InChI=1S/C15H19N3O/c1-19-10-9-11-5-2-3-7-13(11)18-14-8-4-6-12(14)15(16)17-18/h2-3,5,7H,4,6,8-10H2,1H3,(H2,16,17). The molecule has 2 N–H and O–H groups in total. The minimum atomic E-state index is 0.689. The molecule has 0 amide bonds. The Morgan fingerprint density at radius 1 is 1.32 bits per heavy atom. The van der Waals surface area contributed by atoms with Crippen molar-refractivity contribution in [3.05, 3.63) is 41.1 Å². The first-order valence-electron chi connectivity index (χ1n) is 6.74. The Morgan fingerprint density at radius 3 is 3.00 bits per heavy atom. The predicted octanol–water partition coefficient (Wildman–Crippen LogP) is 2.13. The van der Waals surface area contributed by atoms with Crippen LogP contribution in [-0.4, -0.2) is 23.5 Å². The molecule has 19 heavy (non-hydrogen) atoms. The normalized spacial score (nSPS) is 13.7. The van der Waals surface area contributed by atoms with Gasteiger partial charge in [0.15, 0.2) is 0 Å². The van der Waals surface area contributed by atoms with Crippen LogP contribution >= 0.6 is 0 Å². The van der Waals surface area contributed by atoms with Crippen molar-refractivity contribution in [3.8, 4) is 5.69 Å². The van der Waals surface area contributed by atoms with Crippen LogP contribution in [0.1, 0.15) is 23.2 Å². The van der Waals surface area contributed by atoms with E-state index < -0.39 is 0 Å².